The van der Waals surface area contributed by atoms with E-state index in [9.17, 15) is 18.2 Å². The van der Waals surface area contributed by atoms with Crippen molar-refractivity contribution in [3.05, 3.63) is 81.8 Å². The van der Waals surface area contributed by atoms with Crippen molar-refractivity contribution in [2.45, 2.75) is 30.7 Å². The van der Waals surface area contributed by atoms with Crippen molar-refractivity contribution in [3.8, 4) is 11.1 Å². The number of likely N-dealkylation sites (tertiary alicyclic amines) is 1. The molecule has 1 aliphatic rings. The first kappa shape index (κ1) is 28.0. The van der Waals surface area contributed by atoms with Crippen LogP contribution in [0.1, 0.15) is 40.2 Å². The van der Waals surface area contributed by atoms with Crippen LogP contribution >= 0.6 is 11.3 Å². The minimum absolute atomic E-state index is 0.0353. The molecule has 39 heavy (non-hydrogen) atoms. The van der Waals surface area contributed by atoms with Crippen LogP contribution < -0.4 is 16.4 Å². The average molecular weight is 568 g/mol. The largest absolute Gasteiger partial charge is 0.464 e. The number of amides is 2. The third-order valence-electron chi connectivity index (χ3n) is 6.48. The normalized spacial score (nSPS) is 17.3. The van der Waals surface area contributed by atoms with Gasteiger partial charge in [0.25, 0.3) is 11.2 Å². The molecule has 2 heterocycles. The lowest BCUT2D eigenvalue weighted by atomic mass is 10.0. The summed E-state index contributed by atoms with van der Waals surface area (Å²) in [4.78, 5) is 28.3. The number of nitrogens with two attached hydrogens (primary N) is 1. The van der Waals surface area contributed by atoms with Crippen LogP contribution in [0.3, 0.4) is 0 Å². The highest BCUT2D eigenvalue weighted by Crippen LogP contribution is 2.25. The number of rotatable bonds is 9. The molecule has 0 saturated carbocycles. The lowest BCUT2D eigenvalue weighted by molar-refractivity contribution is -0.129. The topological polar surface area (TPSA) is 152 Å². The first-order chi connectivity index (χ1) is 18.7. The number of thiophene rings is 1. The molecule has 0 bridgehead atoms. The maximum Gasteiger partial charge on any atom is 0.464 e. The number of nitrogen functional groups attached to an aromatic ring is 1. The second-order valence-corrected chi connectivity index (χ2v) is 11.0. The molecule has 3 aromatic rings. The smallest absolute Gasteiger partial charge is 0.384 e. The summed E-state index contributed by atoms with van der Waals surface area (Å²) in [6.45, 7) is 1.76. The van der Waals surface area contributed by atoms with E-state index in [0.717, 1.165) is 16.0 Å². The van der Waals surface area contributed by atoms with Crippen molar-refractivity contribution in [2.24, 2.45) is 5.73 Å². The number of halogens is 1. The van der Waals surface area contributed by atoms with Gasteiger partial charge in [0, 0.05) is 32.0 Å². The Balaban J connectivity index is 1.39. The number of benzene rings is 2. The number of hydrogen-bond donors (Lipinski definition) is 5. The summed E-state index contributed by atoms with van der Waals surface area (Å²) in [5, 5.41) is 23.3. The fourth-order valence-corrected chi connectivity index (χ4v) is 5.78. The number of carbonyl (C=O) groups is 2. The molecule has 6 N–H and O–H groups in total. The number of hydrogen-bond acceptors (Lipinski definition) is 6. The molecule has 2 amide bonds. The quantitative estimate of drug-likeness (QED) is 0.153. The Morgan fingerprint density at radius 3 is 2.56 bits per heavy atom. The van der Waals surface area contributed by atoms with Gasteiger partial charge >= 0.3 is 11.7 Å². The van der Waals surface area contributed by atoms with E-state index in [2.05, 4.69) is 10.6 Å². The predicted octanol–water partition coefficient (Wildman–Crippen LogP) is 3.29. The first-order valence-corrected chi connectivity index (χ1v) is 13.8. The Kier molecular flexibility index (Phi) is 8.77. The van der Waals surface area contributed by atoms with Gasteiger partial charge in [0.2, 0.25) is 5.91 Å². The summed E-state index contributed by atoms with van der Waals surface area (Å²) in [5.41, 5.74) is 7.99. The Morgan fingerprint density at radius 1 is 1.15 bits per heavy atom. The van der Waals surface area contributed by atoms with Crippen molar-refractivity contribution in [2.75, 3.05) is 13.1 Å². The predicted molar refractivity (Wildman–Crippen MR) is 151 cm³/mol. The number of nitrogens with zero attached hydrogens (tertiary/aromatic N) is 1. The van der Waals surface area contributed by atoms with Crippen LogP contribution in [0, 0.1) is 16.6 Å². The van der Waals surface area contributed by atoms with E-state index in [0.29, 0.717) is 29.2 Å². The lowest BCUT2D eigenvalue weighted by Gasteiger charge is -2.26. The molecule has 2 aromatic carbocycles. The molecule has 1 aromatic heterocycles. The van der Waals surface area contributed by atoms with E-state index >= 15 is 0 Å². The van der Waals surface area contributed by atoms with Gasteiger partial charge in [-0.25, -0.2) is 4.39 Å². The summed E-state index contributed by atoms with van der Waals surface area (Å²) >= 11 is 1.82. The van der Waals surface area contributed by atoms with Crippen LogP contribution in [-0.2, 0) is 20.7 Å². The van der Waals surface area contributed by atoms with Crippen LogP contribution in [0.15, 0.2) is 60.0 Å². The highest BCUT2D eigenvalue weighted by molar-refractivity contribution is 7.66. The summed E-state index contributed by atoms with van der Waals surface area (Å²) in [5.74, 6) is -1.13. The van der Waals surface area contributed by atoms with E-state index in [1.54, 1.807) is 47.8 Å². The molecule has 4 rings (SSSR count). The van der Waals surface area contributed by atoms with Gasteiger partial charge in [0.05, 0.1) is 25.2 Å². The van der Waals surface area contributed by atoms with E-state index in [-0.39, 0.29) is 41.9 Å². The molecule has 1 fully saturated rings. The summed E-state index contributed by atoms with van der Waals surface area (Å²) < 4.78 is 24.8. The van der Waals surface area contributed by atoms with Crippen molar-refractivity contribution in [1.82, 2.24) is 15.5 Å². The van der Waals surface area contributed by atoms with Crippen LogP contribution in [0.4, 0.5) is 4.39 Å². The molecular formula is C27H28FN6O3S2+. The fourth-order valence-electron chi connectivity index (χ4n) is 4.38. The Morgan fingerprint density at radius 2 is 1.90 bits per heavy atom. The lowest BCUT2D eigenvalue weighted by Crippen LogP contribution is -2.49. The molecule has 0 unspecified atom stereocenters. The fraction of sp³-hybridized carbons (Fsp3) is 0.259. The number of nitrogens with one attached hydrogen (secondary N) is 4. The molecule has 12 heteroatoms. The van der Waals surface area contributed by atoms with Crippen molar-refractivity contribution in [1.29, 1.82) is 10.8 Å². The number of carbonyl (C=O) groups excluding carboxylic acids is 2. The van der Waals surface area contributed by atoms with E-state index < -0.39 is 17.9 Å². The SMILES string of the molecule is C[C@@H](NC(=N)[C@@H]1C[C@@H]([S+]=O)CN1C(=O)CNC(=O)c1cccc(-c2ccc(F)cc2)c1)c1cc(C(=N)N)cs1. The third-order valence-corrected chi connectivity index (χ3v) is 8.21. The van der Waals surface area contributed by atoms with Gasteiger partial charge in [-0.3, -0.25) is 20.4 Å². The highest BCUT2D eigenvalue weighted by atomic mass is 32.1. The molecule has 0 spiro atoms. The van der Waals surface area contributed by atoms with Crippen LogP contribution in [0.25, 0.3) is 11.1 Å². The van der Waals surface area contributed by atoms with Gasteiger partial charge < -0.3 is 21.3 Å². The molecule has 202 valence electrons. The average Bonchev–Trinajstić information content (AvgIpc) is 3.60. The molecule has 9 nitrogen and oxygen atoms in total. The molecule has 1 aliphatic heterocycles. The van der Waals surface area contributed by atoms with Gasteiger partial charge in [-0.05, 0) is 48.4 Å². The van der Waals surface area contributed by atoms with Gasteiger partial charge in [-0.1, -0.05) is 24.3 Å². The second-order valence-electron chi connectivity index (χ2n) is 9.22. The van der Waals surface area contributed by atoms with Crippen molar-refractivity contribution >= 4 is 46.5 Å². The van der Waals surface area contributed by atoms with Gasteiger partial charge in [-0.15, -0.1) is 11.3 Å². The summed E-state index contributed by atoms with van der Waals surface area (Å²) in [7, 11) is 0. The zero-order chi connectivity index (χ0) is 28.1. The third kappa shape index (κ3) is 6.70. The first-order valence-electron chi connectivity index (χ1n) is 12.2. The zero-order valence-corrected chi connectivity index (χ0v) is 22.7. The van der Waals surface area contributed by atoms with Gasteiger partial charge in [-0.2, -0.15) is 0 Å². The van der Waals surface area contributed by atoms with E-state index in [1.165, 1.54) is 28.4 Å². The molecule has 0 aliphatic carbocycles. The molecule has 3 atom stereocenters. The van der Waals surface area contributed by atoms with Crippen LogP contribution in [0.5, 0.6) is 0 Å². The molecule has 0 radical (unpaired) electrons. The minimum atomic E-state index is -0.627. The Hall–Kier alpha value is -4.03. The van der Waals surface area contributed by atoms with Crippen LogP contribution in [-0.4, -0.2) is 52.8 Å². The zero-order valence-electron chi connectivity index (χ0n) is 21.1. The van der Waals surface area contributed by atoms with Gasteiger partial charge in [0.15, 0.2) is 0 Å². The van der Waals surface area contributed by atoms with E-state index in [4.69, 9.17) is 16.6 Å². The van der Waals surface area contributed by atoms with Crippen molar-refractivity contribution in [3.63, 3.8) is 0 Å². The van der Waals surface area contributed by atoms with E-state index in [1.807, 2.05) is 6.92 Å². The van der Waals surface area contributed by atoms with Crippen LogP contribution in [0.2, 0.25) is 0 Å². The molecular weight excluding hydrogens is 539 g/mol. The van der Waals surface area contributed by atoms with Crippen molar-refractivity contribution < 1.29 is 18.2 Å². The maximum absolute atomic E-state index is 13.3. The molecule has 1 saturated heterocycles. The minimum Gasteiger partial charge on any atom is -0.384 e. The maximum atomic E-state index is 13.3. The van der Waals surface area contributed by atoms with Gasteiger partial charge in [0.1, 0.15) is 17.5 Å². The number of amidine groups is 2. The Bertz CT molecular complexity index is 1410. The second kappa shape index (κ2) is 12.2. The summed E-state index contributed by atoms with van der Waals surface area (Å²) in [6, 6.07) is 13.6. The monoisotopic (exact) mass is 567 g/mol. The summed E-state index contributed by atoms with van der Waals surface area (Å²) in [6.07, 6.45) is 0.329. The Labute approximate surface area is 233 Å². The standard InChI is InChI=1S/C27H27FN6O3S2/c1-15(23-10-19(14-38-23)25(29)30)33-26(31)22-11-21(39-37)13-34(22)24(35)12-32-27(36)18-4-2-3-17(9-18)16-5-7-20(28)8-6-16/h2-10,14-15,21-22H,11-13H2,1H3,(H5-,29,30,31,32,33,36)/p+1/t15-,21-,22+/m1/s1. The highest BCUT2D eigenvalue weighted by Gasteiger charge is 2.44.